The molecule has 0 saturated heterocycles. The summed E-state index contributed by atoms with van der Waals surface area (Å²) in [7, 11) is 7.30. The molecule has 0 saturated carbocycles. The zero-order chi connectivity index (χ0) is 22.5. The van der Waals surface area contributed by atoms with Crippen molar-refractivity contribution in [1.82, 2.24) is 9.97 Å². The van der Waals surface area contributed by atoms with Gasteiger partial charge in [-0.05, 0) is 42.3 Å². The maximum Gasteiger partial charge on any atom is 0.180 e. The molecule has 0 fully saturated rings. The molecule has 3 aromatic carbocycles. The average molecular weight is 448 g/mol. The van der Waals surface area contributed by atoms with E-state index in [1.54, 1.807) is 14.2 Å². The van der Waals surface area contributed by atoms with Crippen LogP contribution in [0.15, 0.2) is 71.6 Å². The van der Waals surface area contributed by atoms with Crippen LogP contribution in [-0.4, -0.2) is 38.3 Å². The lowest BCUT2D eigenvalue weighted by atomic mass is 10.2. The van der Waals surface area contributed by atoms with Crippen LogP contribution < -0.4 is 24.4 Å². The maximum absolute atomic E-state index is 5.39. The Morgan fingerprint density at radius 3 is 2.06 bits per heavy atom. The van der Waals surface area contributed by atoms with Gasteiger partial charge >= 0.3 is 0 Å². The molecule has 8 heteroatoms. The zero-order valence-corrected chi connectivity index (χ0v) is 19.2. The molecule has 0 radical (unpaired) electrons. The van der Waals surface area contributed by atoms with Gasteiger partial charge in [-0.1, -0.05) is 18.2 Å². The van der Waals surface area contributed by atoms with Crippen molar-refractivity contribution in [2.24, 2.45) is 0 Å². The number of para-hydroxylation sites is 2. The average Bonchev–Trinajstić information content (AvgIpc) is 2.82. The van der Waals surface area contributed by atoms with Crippen LogP contribution >= 0.6 is 11.9 Å². The van der Waals surface area contributed by atoms with E-state index in [0.717, 1.165) is 27.3 Å². The van der Waals surface area contributed by atoms with E-state index in [9.17, 15) is 0 Å². The van der Waals surface area contributed by atoms with Crippen LogP contribution in [0.3, 0.4) is 0 Å². The first-order chi connectivity index (χ1) is 15.6. The number of ether oxygens (including phenoxy) is 2. The predicted molar refractivity (Wildman–Crippen MR) is 133 cm³/mol. The fourth-order valence-corrected chi connectivity index (χ4v) is 3.79. The number of hydrogen-bond donors (Lipinski definition) is 2. The van der Waals surface area contributed by atoms with Crippen LogP contribution in [0.1, 0.15) is 0 Å². The Bertz CT molecular complexity index is 1210. The highest BCUT2D eigenvalue weighted by Crippen LogP contribution is 2.32. The molecule has 0 unspecified atom stereocenters. The van der Waals surface area contributed by atoms with Crippen molar-refractivity contribution < 1.29 is 9.47 Å². The highest BCUT2D eigenvalue weighted by atomic mass is 32.2. The van der Waals surface area contributed by atoms with Crippen molar-refractivity contribution in [3.05, 3.63) is 66.7 Å². The van der Waals surface area contributed by atoms with Crippen molar-refractivity contribution >= 4 is 46.0 Å². The molecule has 4 aromatic rings. The van der Waals surface area contributed by atoms with E-state index in [-0.39, 0.29) is 0 Å². The molecule has 164 valence electrons. The minimum absolute atomic E-state index is 0.607. The third-order valence-corrected chi connectivity index (χ3v) is 5.57. The van der Waals surface area contributed by atoms with E-state index >= 15 is 0 Å². The van der Waals surface area contributed by atoms with Gasteiger partial charge in [0.15, 0.2) is 11.6 Å². The molecule has 0 atom stereocenters. The number of hydrogen-bond acceptors (Lipinski definition) is 8. The Balaban J connectivity index is 1.67. The lowest BCUT2D eigenvalue weighted by Gasteiger charge is -2.15. The summed E-state index contributed by atoms with van der Waals surface area (Å²) in [6, 6.07) is 21.7. The van der Waals surface area contributed by atoms with Gasteiger partial charge in [-0.15, -0.1) is 0 Å². The molecule has 4 rings (SSSR count). The van der Waals surface area contributed by atoms with E-state index in [0.29, 0.717) is 23.1 Å². The van der Waals surface area contributed by atoms with Crippen molar-refractivity contribution in [3.63, 3.8) is 0 Å². The molecule has 0 aliphatic rings. The SMILES string of the molecule is COc1cc(Nc2nc3ccccc3nc2NSc2cccc(N(C)C)c2)cc(OC)c1. The smallest absolute Gasteiger partial charge is 0.180 e. The topological polar surface area (TPSA) is 71.5 Å². The minimum atomic E-state index is 0.607. The van der Waals surface area contributed by atoms with Crippen LogP contribution in [0.5, 0.6) is 11.5 Å². The summed E-state index contributed by atoms with van der Waals surface area (Å²) in [6.45, 7) is 0. The summed E-state index contributed by atoms with van der Waals surface area (Å²) in [4.78, 5) is 12.7. The third kappa shape index (κ3) is 4.97. The number of benzene rings is 3. The second-order valence-electron chi connectivity index (χ2n) is 7.23. The standard InChI is InChI=1S/C24H25N5O2S/c1-29(2)17-8-7-9-20(14-17)32-28-24-23(26-21-10-5-6-11-22(21)27-24)25-16-12-18(30-3)15-19(13-16)31-4/h5-15H,1-4H3,(H,25,26)(H,27,28). The first kappa shape index (κ1) is 21.6. The number of nitrogens with zero attached hydrogens (tertiary/aromatic N) is 3. The maximum atomic E-state index is 5.39. The van der Waals surface area contributed by atoms with Gasteiger partial charge in [0.05, 0.1) is 25.3 Å². The van der Waals surface area contributed by atoms with E-state index in [1.807, 2.05) is 62.6 Å². The highest BCUT2D eigenvalue weighted by Gasteiger charge is 2.12. The van der Waals surface area contributed by atoms with Crippen LogP contribution in [0.4, 0.5) is 23.0 Å². The molecular weight excluding hydrogens is 422 g/mol. The number of fused-ring (bicyclic) bond motifs is 1. The number of anilines is 4. The summed E-state index contributed by atoms with van der Waals surface area (Å²) in [6.07, 6.45) is 0. The fourth-order valence-electron chi connectivity index (χ4n) is 3.11. The van der Waals surface area contributed by atoms with Crippen molar-refractivity contribution in [1.29, 1.82) is 0 Å². The van der Waals surface area contributed by atoms with E-state index in [4.69, 9.17) is 19.4 Å². The largest absolute Gasteiger partial charge is 0.497 e. The van der Waals surface area contributed by atoms with Gasteiger partial charge in [-0.3, -0.25) is 0 Å². The summed E-state index contributed by atoms with van der Waals surface area (Å²) in [5.41, 5.74) is 3.53. The quantitative estimate of drug-likeness (QED) is 0.340. The van der Waals surface area contributed by atoms with Gasteiger partial charge in [0.1, 0.15) is 11.5 Å². The second kappa shape index (κ2) is 9.65. The molecule has 0 aliphatic heterocycles. The number of aromatic nitrogens is 2. The summed E-state index contributed by atoms with van der Waals surface area (Å²) >= 11 is 1.49. The minimum Gasteiger partial charge on any atom is -0.497 e. The molecule has 0 amide bonds. The van der Waals surface area contributed by atoms with Gasteiger partial charge in [0.2, 0.25) is 0 Å². The molecule has 1 heterocycles. The zero-order valence-electron chi connectivity index (χ0n) is 18.4. The van der Waals surface area contributed by atoms with Crippen LogP contribution in [0, 0.1) is 0 Å². The molecule has 0 spiro atoms. The first-order valence-electron chi connectivity index (χ1n) is 10.0. The Morgan fingerprint density at radius 1 is 0.781 bits per heavy atom. The second-order valence-corrected chi connectivity index (χ2v) is 8.11. The molecule has 0 bridgehead atoms. The Labute approximate surface area is 191 Å². The van der Waals surface area contributed by atoms with Crippen LogP contribution in [-0.2, 0) is 0 Å². The highest BCUT2D eigenvalue weighted by molar-refractivity contribution is 8.00. The van der Waals surface area contributed by atoms with Crippen LogP contribution in [0.2, 0.25) is 0 Å². The number of methoxy groups -OCH3 is 2. The normalized spacial score (nSPS) is 10.6. The van der Waals surface area contributed by atoms with Gasteiger partial charge in [-0.25, -0.2) is 9.97 Å². The lowest BCUT2D eigenvalue weighted by Crippen LogP contribution is -2.08. The van der Waals surface area contributed by atoms with Crippen LogP contribution in [0.25, 0.3) is 11.0 Å². The van der Waals surface area contributed by atoms with Crippen molar-refractivity contribution in [2.75, 3.05) is 43.3 Å². The van der Waals surface area contributed by atoms with E-state index in [2.05, 4.69) is 33.1 Å². The monoisotopic (exact) mass is 447 g/mol. The van der Waals surface area contributed by atoms with Gasteiger partial charge in [-0.2, -0.15) is 0 Å². The summed E-state index contributed by atoms with van der Waals surface area (Å²) in [5.74, 6) is 2.61. The molecular formula is C24H25N5O2S. The summed E-state index contributed by atoms with van der Waals surface area (Å²) < 4.78 is 14.1. The molecule has 1 aromatic heterocycles. The van der Waals surface area contributed by atoms with Gasteiger partial charge in [0.25, 0.3) is 0 Å². The third-order valence-electron chi connectivity index (χ3n) is 4.78. The first-order valence-corrected chi connectivity index (χ1v) is 10.8. The van der Waals surface area contributed by atoms with Gasteiger partial charge < -0.3 is 24.4 Å². The predicted octanol–water partition coefficient (Wildman–Crippen LogP) is 5.58. The summed E-state index contributed by atoms with van der Waals surface area (Å²) in [5, 5.41) is 3.36. The number of rotatable bonds is 8. The molecule has 32 heavy (non-hydrogen) atoms. The van der Waals surface area contributed by atoms with Crippen molar-refractivity contribution in [2.45, 2.75) is 4.90 Å². The molecule has 7 nitrogen and oxygen atoms in total. The Kier molecular flexibility index (Phi) is 6.51. The van der Waals surface area contributed by atoms with Gasteiger partial charge in [0, 0.05) is 48.6 Å². The van der Waals surface area contributed by atoms with Crippen molar-refractivity contribution in [3.8, 4) is 11.5 Å². The number of nitrogens with one attached hydrogen (secondary N) is 2. The fraction of sp³-hybridized carbons (Fsp3) is 0.167. The van der Waals surface area contributed by atoms with E-state index in [1.165, 1.54) is 11.9 Å². The molecule has 0 aliphatic carbocycles. The molecule has 2 N–H and O–H groups in total. The Hall–Kier alpha value is -3.65. The van der Waals surface area contributed by atoms with E-state index < -0.39 is 0 Å². The lowest BCUT2D eigenvalue weighted by molar-refractivity contribution is 0.395. The Morgan fingerprint density at radius 2 is 1.44 bits per heavy atom.